The highest BCUT2D eigenvalue weighted by Crippen LogP contribution is 2.17. The number of aryl methyl sites for hydroxylation is 1. The predicted octanol–water partition coefficient (Wildman–Crippen LogP) is 3.63. The van der Waals surface area contributed by atoms with Crippen LogP contribution in [0.25, 0.3) is 0 Å². The number of nitrogens with zero attached hydrogens (tertiary/aromatic N) is 1. The Kier molecular flexibility index (Phi) is 5.43. The molecule has 0 saturated carbocycles. The average Bonchev–Trinajstić information content (AvgIpc) is 3.15. The Hall–Kier alpha value is -2.69. The lowest BCUT2D eigenvalue weighted by atomic mass is 10.1. The van der Waals surface area contributed by atoms with Crippen molar-refractivity contribution in [1.29, 1.82) is 0 Å². The number of amides is 2. The molecule has 0 atom stereocenters. The Balaban J connectivity index is 1.59. The fraction of sp³-hybridized carbons (Fsp3) is 0.300. The summed E-state index contributed by atoms with van der Waals surface area (Å²) >= 11 is 0. The van der Waals surface area contributed by atoms with Gasteiger partial charge in [0.2, 0.25) is 5.91 Å². The van der Waals surface area contributed by atoms with E-state index in [-0.39, 0.29) is 24.1 Å². The molecule has 5 heteroatoms. The van der Waals surface area contributed by atoms with Crippen LogP contribution >= 0.6 is 0 Å². The van der Waals surface area contributed by atoms with Gasteiger partial charge >= 0.3 is 0 Å². The maximum atomic E-state index is 13.6. The quantitative estimate of drug-likeness (QED) is 0.903. The van der Waals surface area contributed by atoms with Gasteiger partial charge in [-0.15, -0.1) is 0 Å². The number of halogens is 1. The summed E-state index contributed by atoms with van der Waals surface area (Å²) in [7, 11) is 0. The second-order valence-electron chi connectivity index (χ2n) is 6.22. The van der Waals surface area contributed by atoms with Crippen LogP contribution in [0.15, 0.2) is 48.5 Å². The molecule has 0 radical (unpaired) electrons. The van der Waals surface area contributed by atoms with Crippen molar-refractivity contribution in [2.75, 3.05) is 18.4 Å². The van der Waals surface area contributed by atoms with Crippen LogP contribution in [0.4, 0.5) is 10.1 Å². The molecule has 2 aromatic rings. The van der Waals surface area contributed by atoms with E-state index in [0.717, 1.165) is 25.9 Å². The van der Waals surface area contributed by atoms with Crippen LogP contribution in [0.5, 0.6) is 0 Å². The van der Waals surface area contributed by atoms with Crippen molar-refractivity contribution in [2.24, 2.45) is 0 Å². The SMILES string of the molecule is O=C(CCc1ccccc1F)Nc1cccc(C(=O)N2CCCC2)c1. The van der Waals surface area contributed by atoms with Crippen molar-refractivity contribution in [1.82, 2.24) is 4.90 Å². The smallest absolute Gasteiger partial charge is 0.253 e. The fourth-order valence-corrected chi connectivity index (χ4v) is 3.01. The number of benzene rings is 2. The minimum absolute atomic E-state index is 0.0000411. The second-order valence-corrected chi connectivity index (χ2v) is 6.22. The number of likely N-dealkylation sites (tertiary alicyclic amines) is 1. The van der Waals surface area contributed by atoms with Gasteiger partial charge < -0.3 is 10.2 Å². The third-order valence-electron chi connectivity index (χ3n) is 4.37. The summed E-state index contributed by atoms with van der Waals surface area (Å²) < 4.78 is 13.6. The number of nitrogens with one attached hydrogen (secondary N) is 1. The third-order valence-corrected chi connectivity index (χ3v) is 4.37. The minimum Gasteiger partial charge on any atom is -0.339 e. The van der Waals surface area contributed by atoms with Crippen LogP contribution in [0.1, 0.15) is 35.2 Å². The van der Waals surface area contributed by atoms with Crippen molar-refractivity contribution in [3.05, 3.63) is 65.5 Å². The monoisotopic (exact) mass is 340 g/mol. The lowest BCUT2D eigenvalue weighted by molar-refractivity contribution is -0.116. The van der Waals surface area contributed by atoms with Crippen LogP contribution < -0.4 is 5.32 Å². The Morgan fingerprint density at radius 2 is 1.80 bits per heavy atom. The molecule has 0 spiro atoms. The Labute approximate surface area is 146 Å². The molecule has 130 valence electrons. The van der Waals surface area contributed by atoms with Crippen LogP contribution in [0, 0.1) is 5.82 Å². The van der Waals surface area contributed by atoms with Gasteiger partial charge in [-0.05, 0) is 49.1 Å². The molecule has 1 aliphatic heterocycles. The van der Waals surface area contributed by atoms with Gasteiger partial charge in [-0.2, -0.15) is 0 Å². The normalized spacial score (nSPS) is 13.7. The molecule has 1 N–H and O–H groups in total. The number of hydrogen-bond donors (Lipinski definition) is 1. The largest absolute Gasteiger partial charge is 0.339 e. The lowest BCUT2D eigenvalue weighted by Gasteiger charge is -2.15. The van der Waals surface area contributed by atoms with E-state index in [2.05, 4.69) is 5.32 Å². The Morgan fingerprint density at radius 1 is 1.04 bits per heavy atom. The highest BCUT2D eigenvalue weighted by molar-refractivity contribution is 5.97. The molecular formula is C20H21FN2O2. The summed E-state index contributed by atoms with van der Waals surface area (Å²) in [4.78, 5) is 26.3. The molecule has 2 amide bonds. The first-order valence-corrected chi connectivity index (χ1v) is 8.56. The zero-order chi connectivity index (χ0) is 17.6. The molecule has 0 bridgehead atoms. The van der Waals surface area contributed by atoms with Crippen molar-refractivity contribution in [3.8, 4) is 0 Å². The van der Waals surface area contributed by atoms with Gasteiger partial charge in [0.05, 0.1) is 0 Å². The first-order chi connectivity index (χ1) is 12.1. The van der Waals surface area contributed by atoms with E-state index in [4.69, 9.17) is 0 Å². The molecule has 1 heterocycles. The number of rotatable bonds is 5. The molecule has 0 aromatic heterocycles. The van der Waals surface area contributed by atoms with Gasteiger partial charge in [0.25, 0.3) is 5.91 Å². The molecule has 25 heavy (non-hydrogen) atoms. The van der Waals surface area contributed by atoms with E-state index < -0.39 is 0 Å². The second kappa shape index (κ2) is 7.92. The topological polar surface area (TPSA) is 49.4 Å². The van der Waals surface area contributed by atoms with Gasteiger partial charge in [0.1, 0.15) is 5.82 Å². The molecule has 0 aliphatic carbocycles. The third kappa shape index (κ3) is 4.44. The molecular weight excluding hydrogens is 319 g/mol. The molecule has 0 unspecified atom stereocenters. The summed E-state index contributed by atoms with van der Waals surface area (Å²) in [6, 6.07) is 13.4. The van der Waals surface area contributed by atoms with Crippen molar-refractivity contribution >= 4 is 17.5 Å². The molecule has 1 fully saturated rings. The van der Waals surface area contributed by atoms with Gasteiger partial charge in [0, 0.05) is 30.8 Å². The number of hydrogen-bond acceptors (Lipinski definition) is 2. The first kappa shape index (κ1) is 17.1. The van der Waals surface area contributed by atoms with Crippen molar-refractivity contribution in [2.45, 2.75) is 25.7 Å². The Morgan fingerprint density at radius 3 is 2.56 bits per heavy atom. The molecule has 3 rings (SSSR count). The van der Waals surface area contributed by atoms with Crippen LogP contribution in [-0.2, 0) is 11.2 Å². The molecule has 2 aromatic carbocycles. The molecule has 1 saturated heterocycles. The highest BCUT2D eigenvalue weighted by Gasteiger charge is 2.19. The predicted molar refractivity (Wildman–Crippen MR) is 94.9 cm³/mol. The average molecular weight is 340 g/mol. The van der Waals surface area contributed by atoms with Crippen molar-refractivity contribution in [3.63, 3.8) is 0 Å². The van der Waals surface area contributed by atoms with Crippen LogP contribution in [0.2, 0.25) is 0 Å². The summed E-state index contributed by atoms with van der Waals surface area (Å²) in [5.41, 5.74) is 1.69. The summed E-state index contributed by atoms with van der Waals surface area (Å²) in [5.74, 6) is -0.498. The maximum absolute atomic E-state index is 13.6. The summed E-state index contributed by atoms with van der Waals surface area (Å²) in [5, 5.41) is 2.79. The van der Waals surface area contributed by atoms with Crippen LogP contribution in [-0.4, -0.2) is 29.8 Å². The van der Waals surface area contributed by atoms with Gasteiger partial charge in [-0.25, -0.2) is 4.39 Å². The first-order valence-electron chi connectivity index (χ1n) is 8.56. The lowest BCUT2D eigenvalue weighted by Crippen LogP contribution is -2.27. The molecule has 4 nitrogen and oxygen atoms in total. The minimum atomic E-state index is -0.298. The maximum Gasteiger partial charge on any atom is 0.253 e. The van der Waals surface area contributed by atoms with E-state index in [9.17, 15) is 14.0 Å². The number of carbonyl (C=O) groups excluding carboxylic acids is 2. The summed E-state index contributed by atoms with van der Waals surface area (Å²) in [6.45, 7) is 1.58. The highest BCUT2D eigenvalue weighted by atomic mass is 19.1. The fourth-order valence-electron chi connectivity index (χ4n) is 3.01. The van der Waals surface area contributed by atoms with E-state index in [1.54, 1.807) is 42.5 Å². The van der Waals surface area contributed by atoms with E-state index in [0.29, 0.717) is 23.2 Å². The summed E-state index contributed by atoms with van der Waals surface area (Å²) in [6.07, 6.45) is 2.60. The number of anilines is 1. The Bertz CT molecular complexity index is 770. The van der Waals surface area contributed by atoms with Crippen molar-refractivity contribution < 1.29 is 14.0 Å². The van der Waals surface area contributed by atoms with Gasteiger partial charge in [-0.1, -0.05) is 24.3 Å². The number of carbonyl (C=O) groups is 2. The molecule has 1 aliphatic rings. The standard InChI is InChI=1S/C20H21FN2O2/c21-18-9-2-1-6-15(18)10-11-19(24)22-17-8-5-7-16(14-17)20(25)23-12-3-4-13-23/h1-2,5-9,14H,3-4,10-13H2,(H,22,24). The van der Waals surface area contributed by atoms with E-state index in [1.165, 1.54) is 6.07 Å². The zero-order valence-electron chi connectivity index (χ0n) is 14.0. The van der Waals surface area contributed by atoms with Crippen LogP contribution in [0.3, 0.4) is 0 Å². The van der Waals surface area contributed by atoms with E-state index >= 15 is 0 Å². The van der Waals surface area contributed by atoms with Gasteiger partial charge in [0.15, 0.2) is 0 Å². The zero-order valence-corrected chi connectivity index (χ0v) is 14.0. The van der Waals surface area contributed by atoms with Gasteiger partial charge in [-0.3, -0.25) is 9.59 Å². The van der Waals surface area contributed by atoms with E-state index in [1.807, 2.05) is 4.90 Å².